The van der Waals surface area contributed by atoms with Crippen LogP contribution in [0.1, 0.15) is 37.0 Å². The zero-order valence-corrected chi connectivity index (χ0v) is 10.8. The molecule has 2 aromatic rings. The molecule has 0 radical (unpaired) electrons. The zero-order valence-electron chi connectivity index (χ0n) is 10.8. The van der Waals surface area contributed by atoms with Crippen LogP contribution in [0.15, 0.2) is 18.3 Å². The number of fused-ring (bicyclic) bond motifs is 1. The van der Waals surface area contributed by atoms with Gasteiger partial charge in [0.25, 0.3) is 0 Å². The monoisotopic (exact) mass is 256 g/mol. The fourth-order valence-corrected chi connectivity index (χ4v) is 2.24. The summed E-state index contributed by atoms with van der Waals surface area (Å²) in [6, 6.07) is 5.59. The van der Waals surface area contributed by atoms with Crippen LogP contribution in [0.25, 0.3) is 10.9 Å². The maximum absolute atomic E-state index is 10.3. The van der Waals surface area contributed by atoms with Crippen molar-refractivity contribution in [1.82, 2.24) is 15.5 Å². The lowest BCUT2D eigenvalue weighted by molar-refractivity contribution is 0.170. The minimum Gasteiger partial charge on any atom is -0.387 e. The SMILES string of the molecule is CC1(NC[C@H](O)c2cc(C#N)cc3[nH]ncc23)CC1. The number of β-amino-alcohol motifs (C(OH)–C–C–N with tert-alkyl or cyclic N) is 1. The molecule has 19 heavy (non-hydrogen) atoms. The van der Waals surface area contributed by atoms with Gasteiger partial charge in [-0.05, 0) is 37.5 Å². The molecule has 1 aromatic heterocycles. The van der Waals surface area contributed by atoms with Crippen LogP contribution >= 0.6 is 0 Å². The van der Waals surface area contributed by atoms with Gasteiger partial charge in [0.05, 0.1) is 29.5 Å². The van der Waals surface area contributed by atoms with Gasteiger partial charge in [0.2, 0.25) is 0 Å². The molecule has 0 bridgehead atoms. The average molecular weight is 256 g/mol. The Morgan fingerprint density at radius 3 is 3.05 bits per heavy atom. The number of aromatic nitrogens is 2. The van der Waals surface area contributed by atoms with E-state index in [1.165, 1.54) is 0 Å². The minimum absolute atomic E-state index is 0.184. The number of hydrogen-bond acceptors (Lipinski definition) is 4. The van der Waals surface area contributed by atoms with Crippen molar-refractivity contribution in [3.63, 3.8) is 0 Å². The van der Waals surface area contributed by atoms with E-state index in [2.05, 4.69) is 28.5 Å². The largest absolute Gasteiger partial charge is 0.387 e. The summed E-state index contributed by atoms with van der Waals surface area (Å²) in [5.41, 5.74) is 2.25. The molecule has 0 saturated heterocycles. The Labute approximate surface area is 111 Å². The smallest absolute Gasteiger partial charge is 0.0992 e. The van der Waals surface area contributed by atoms with E-state index in [0.717, 1.165) is 29.3 Å². The van der Waals surface area contributed by atoms with Crippen molar-refractivity contribution in [3.05, 3.63) is 29.5 Å². The van der Waals surface area contributed by atoms with Crippen molar-refractivity contribution in [3.8, 4) is 6.07 Å². The van der Waals surface area contributed by atoms with Gasteiger partial charge in [0.15, 0.2) is 0 Å². The number of aliphatic hydroxyl groups is 1. The van der Waals surface area contributed by atoms with E-state index in [0.29, 0.717) is 12.1 Å². The van der Waals surface area contributed by atoms with Crippen molar-refractivity contribution in [1.29, 1.82) is 5.26 Å². The number of rotatable bonds is 4. The highest BCUT2D eigenvalue weighted by Gasteiger charge is 2.37. The van der Waals surface area contributed by atoms with Crippen LogP contribution in [0.5, 0.6) is 0 Å². The molecular weight excluding hydrogens is 240 g/mol. The third-order valence-electron chi connectivity index (χ3n) is 3.80. The van der Waals surface area contributed by atoms with Gasteiger partial charge in [0, 0.05) is 17.5 Å². The third kappa shape index (κ3) is 2.33. The number of aliphatic hydroxyl groups excluding tert-OH is 1. The Morgan fingerprint density at radius 1 is 1.58 bits per heavy atom. The molecule has 1 aromatic carbocycles. The summed E-state index contributed by atoms with van der Waals surface area (Å²) in [6.45, 7) is 2.64. The van der Waals surface area contributed by atoms with Gasteiger partial charge in [0.1, 0.15) is 0 Å². The number of benzene rings is 1. The second-order valence-corrected chi connectivity index (χ2v) is 5.47. The summed E-state index contributed by atoms with van der Waals surface area (Å²) in [6.07, 6.45) is 3.36. The minimum atomic E-state index is -0.633. The molecule has 1 atom stereocenters. The van der Waals surface area contributed by atoms with E-state index in [1.54, 1.807) is 18.3 Å². The average Bonchev–Trinajstić information content (AvgIpc) is 2.97. The Morgan fingerprint density at radius 2 is 2.37 bits per heavy atom. The number of hydrogen-bond donors (Lipinski definition) is 3. The molecule has 1 fully saturated rings. The summed E-state index contributed by atoms with van der Waals surface area (Å²) in [7, 11) is 0. The van der Waals surface area contributed by atoms with E-state index < -0.39 is 6.10 Å². The molecule has 1 heterocycles. The number of H-pyrrole nitrogens is 1. The molecule has 0 unspecified atom stereocenters. The summed E-state index contributed by atoms with van der Waals surface area (Å²) in [5.74, 6) is 0. The van der Waals surface area contributed by atoms with Gasteiger partial charge >= 0.3 is 0 Å². The first-order valence-electron chi connectivity index (χ1n) is 6.41. The quantitative estimate of drug-likeness (QED) is 0.776. The molecule has 3 rings (SSSR count). The van der Waals surface area contributed by atoms with Crippen molar-refractivity contribution >= 4 is 10.9 Å². The number of nitriles is 1. The van der Waals surface area contributed by atoms with Crippen LogP contribution in [0.3, 0.4) is 0 Å². The standard InChI is InChI=1S/C14H16N4O/c1-14(2-3-14)16-8-13(19)10-4-9(6-15)5-12-11(10)7-17-18-12/h4-5,7,13,16,19H,2-3,8H2,1H3,(H,17,18)/t13-/m0/s1. The lowest BCUT2D eigenvalue weighted by Crippen LogP contribution is -2.32. The number of nitrogens with zero attached hydrogens (tertiary/aromatic N) is 2. The molecule has 1 aliphatic rings. The first-order valence-corrected chi connectivity index (χ1v) is 6.41. The van der Waals surface area contributed by atoms with E-state index in [1.807, 2.05) is 0 Å². The van der Waals surface area contributed by atoms with Crippen LogP contribution in [0.2, 0.25) is 0 Å². The normalized spacial score (nSPS) is 18.2. The summed E-state index contributed by atoms with van der Waals surface area (Å²) < 4.78 is 0. The lowest BCUT2D eigenvalue weighted by atomic mass is 10.0. The van der Waals surface area contributed by atoms with Crippen molar-refractivity contribution < 1.29 is 5.11 Å². The van der Waals surface area contributed by atoms with Crippen LogP contribution < -0.4 is 5.32 Å². The van der Waals surface area contributed by atoms with Gasteiger partial charge in [-0.3, -0.25) is 5.10 Å². The van der Waals surface area contributed by atoms with Crippen LogP contribution in [-0.4, -0.2) is 27.4 Å². The molecule has 5 nitrogen and oxygen atoms in total. The third-order valence-corrected chi connectivity index (χ3v) is 3.80. The summed E-state index contributed by atoms with van der Waals surface area (Å²) >= 11 is 0. The van der Waals surface area contributed by atoms with Gasteiger partial charge in [-0.1, -0.05) is 0 Å². The van der Waals surface area contributed by atoms with Gasteiger partial charge < -0.3 is 10.4 Å². The molecule has 3 N–H and O–H groups in total. The van der Waals surface area contributed by atoms with Crippen molar-refractivity contribution in [2.24, 2.45) is 0 Å². The van der Waals surface area contributed by atoms with Gasteiger partial charge in [-0.25, -0.2) is 0 Å². The Balaban J connectivity index is 1.89. The second kappa shape index (κ2) is 4.34. The molecule has 0 amide bonds. The Bertz CT molecular complexity index is 651. The number of aromatic amines is 1. The number of nitrogens with one attached hydrogen (secondary N) is 2. The lowest BCUT2D eigenvalue weighted by Gasteiger charge is -2.17. The fraction of sp³-hybridized carbons (Fsp3) is 0.429. The van der Waals surface area contributed by atoms with Gasteiger partial charge in [-0.15, -0.1) is 0 Å². The fourth-order valence-electron chi connectivity index (χ4n) is 2.24. The van der Waals surface area contributed by atoms with Crippen LogP contribution in [0.4, 0.5) is 0 Å². The first kappa shape index (κ1) is 12.2. The predicted molar refractivity (Wildman–Crippen MR) is 71.4 cm³/mol. The maximum atomic E-state index is 10.3. The Hall–Kier alpha value is -1.90. The summed E-state index contributed by atoms with van der Waals surface area (Å²) in [5, 5.41) is 30.4. The predicted octanol–water partition coefficient (Wildman–Crippen LogP) is 1.61. The molecule has 0 spiro atoms. The highest BCUT2D eigenvalue weighted by Crippen LogP contribution is 2.35. The van der Waals surface area contributed by atoms with Crippen molar-refractivity contribution in [2.75, 3.05) is 6.54 Å². The molecule has 1 aliphatic carbocycles. The van der Waals surface area contributed by atoms with Crippen LogP contribution in [-0.2, 0) is 0 Å². The topological polar surface area (TPSA) is 84.7 Å². The highest BCUT2D eigenvalue weighted by molar-refractivity contribution is 5.83. The van der Waals surface area contributed by atoms with E-state index >= 15 is 0 Å². The molecule has 5 heteroatoms. The summed E-state index contributed by atoms with van der Waals surface area (Å²) in [4.78, 5) is 0. The van der Waals surface area contributed by atoms with Crippen LogP contribution in [0, 0.1) is 11.3 Å². The van der Waals surface area contributed by atoms with E-state index in [4.69, 9.17) is 5.26 Å². The molecule has 0 aliphatic heterocycles. The van der Waals surface area contributed by atoms with Crippen molar-refractivity contribution in [2.45, 2.75) is 31.4 Å². The first-order chi connectivity index (χ1) is 9.11. The highest BCUT2D eigenvalue weighted by atomic mass is 16.3. The Kier molecular flexibility index (Phi) is 2.77. The second-order valence-electron chi connectivity index (χ2n) is 5.47. The maximum Gasteiger partial charge on any atom is 0.0992 e. The molecule has 1 saturated carbocycles. The van der Waals surface area contributed by atoms with E-state index in [-0.39, 0.29) is 5.54 Å². The molecule has 98 valence electrons. The van der Waals surface area contributed by atoms with Gasteiger partial charge in [-0.2, -0.15) is 10.4 Å². The zero-order chi connectivity index (χ0) is 13.5. The van der Waals surface area contributed by atoms with E-state index in [9.17, 15) is 5.11 Å². The molecular formula is C14H16N4O.